The minimum Gasteiger partial charge on any atom is -0.438 e. The van der Waals surface area contributed by atoms with Gasteiger partial charge in [-0.25, -0.2) is 18.1 Å². The third-order valence-corrected chi connectivity index (χ3v) is 4.80. The first-order chi connectivity index (χ1) is 9.81. The van der Waals surface area contributed by atoms with Crippen molar-refractivity contribution < 1.29 is 13.2 Å². The van der Waals surface area contributed by atoms with Crippen molar-refractivity contribution in [2.45, 2.75) is 4.90 Å². The Morgan fingerprint density at radius 1 is 1.19 bits per heavy atom. The molecule has 0 saturated heterocycles. The molecule has 1 N–H and O–H groups in total. The van der Waals surface area contributed by atoms with Crippen LogP contribution in [-0.2, 0) is 10.0 Å². The van der Waals surface area contributed by atoms with Crippen molar-refractivity contribution in [3.8, 4) is 11.6 Å². The number of rotatable bonds is 4. The predicted octanol–water partition coefficient (Wildman–Crippen LogP) is 3.85. The summed E-state index contributed by atoms with van der Waals surface area (Å²) >= 11 is 15.0. The van der Waals surface area contributed by atoms with Crippen molar-refractivity contribution in [2.24, 2.45) is 0 Å². The smallest absolute Gasteiger partial charge is 0.241 e. The Kier molecular flexibility index (Phi) is 5.11. The van der Waals surface area contributed by atoms with Gasteiger partial charge in [0, 0.05) is 10.0 Å². The van der Waals surface area contributed by atoms with Gasteiger partial charge in [0.2, 0.25) is 15.9 Å². The molecule has 9 heteroatoms. The molecule has 0 radical (unpaired) electrons. The highest BCUT2D eigenvalue weighted by Crippen LogP contribution is 2.32. The Hall–Kier alpha value is -0.860. The topological polar surface area (TPSA) is 68.3 Å². The lowest BCUT2D eigenvalue weighted by molar-refractivity contribution is 0.458. The second kappa shape index (κ2) is 6.50. The van der Waals surface area contributed by atoms with Crippen LogP contribution in [0, 0.1) is 0 Å². The molecule has 2 rings (SSSR count). The van der Waals surface area contributed by atoms with E-state index in [0.717, 1.165) is 0 Å². The fourth-order valence-corrected chi connectivity index (χ4v) is 3.23. The van der Waals surface area contributed by atoms with E-state index in [1.165, 1.54) is 19.3 Å². The molecule has 0 unspecified atom stereocenters. The number of pyridine rings is 1. The highest BCUT2D eigenvalue weighted by Gasteiger charge is 2.15. The van der Waals surface area contributed by atoms with Gasteiger partial charge in [-0.1, -0.05) is 23.2 Å². The summed E-state index contributed by atoms with van der Waals surface area (Å²) in [5.41, 5.74) is 0. The Morgan fingerprint density at radius 2 is 1.81 bits per heavy atom. The van der Waals surface area contributed by atoms with E-state index in [1.54, 1.807) is 18.2 Å². The van der Waals surface area contributed by atoms with Crippen molar-refractivity contribution in [2.75, 3.05) is 7.05 Å². The molecule has 5 nitrogen and oxygen atoms in total. The van der Waals surface area contributed by atoms with E-state index in [0.29, 0.717) is 20.3 Å². The fourth-order valence-electron chi connectivity index (χ4n) is 1.45. The van der Waals surface area contributed by atoms with Gasteiger partial charge in [-0.15, -0.1) is 0 Å². The number of hydrogen-bond donors (Lipinski definition) is 1. The van der Waals surface area contributed by atoms with E-state index in [2.05, 4.69) is 25.6 Å². The zero-order valence-corrected chi connectivity index (χ0v) is 14.5. The maximum atomic E-state index is 11.7. The monoisotopic (exact) mass is 410 g/mol. The van der Waals surface area contributed by atoms with Gasteiger partial charge >= 0.3 is 0 Å². The van der Waals surface area contributed by atoms with Crippen molar-refractivity contribution in [1.82, 2.24) is 9.71 Å². The van der Waals surface area contributed by atoms with Crippen molar-refractivity contribution in [1.29, 1.82) is 0 Å². The zero-order valence-electron chi connectivity index (χ0n) is 10.6. The maximum absolute atomic E-state index is 11.7. The molecule has 1 heterocycles. The van der Waals surface area contributed by atoms with Crippen LogP contribution in [0.5, 0.6) is 11.6 Å². The van der Waals surface area contributed by atoms with Gasteiger partial charge in [-0.05, 0) is 47.2 Å². The molecule has 0 fully saturated rings. The van der Waals surface area contributed by atoms with E-state index in [1.807, 2.05) is 0 Å². The number of halogens is 3. The van der Waals surface area contributed by atoms with Gasteiger partial charge in [0.1, 0.15) is 10.6 Å². The average Bonchev–Trinajstić information content (AvgIpc) is 2.40. The Labute approximate surface area is 140 Å². The molecule has 0 aliphatic carbocycles. The number of hydrogen-bond acceptors (Lipinski definition) is 4. The van der Waals surface area contributed by atoms with E-state index >= 15 is 0 Å². The first kappa shape index (κ1) is 16.5. The first-order valence-electron chi connectivity index (χ1n) is 5.55. The minimum atomic E-state index is -3.56. The summed E-state index contributed by atoms with van der Waals surface area (Å²) in [5, 5.41) is 0.839. The minimum absolute atomic E-state index is 0.0216. The van der Waals surface area contributed by atoms with Gasteiger partial charge in [-0.3, -0.25) is 0 Å². The molecule has 0 saturated carbocycles. The molecule has 0 atom stereocenters. The number of sulfonamides is 1. The van der Waals surface area contributed by atoms with Gasteiger partial charge in [0.15, 0.2) is 0 Å². The standard InChI is InChI=1S/C12H9BrCl2N2O3S/c1-16-21(18,19)10-5-11(13)12(17-6-10)20-9-3-7(14)2-8(15)4-9/h2-6,16H,1H3. The van der Waals surface area contributed by atoms with Crippen LogP contribution in [-0.4, -0.2) is 20.4 Å². The molecule has 1 aromatic heterocycles. The molecule has 21 heavy (non-hydrogen) atoms. The molecule has 0 aliphatic rings. The quantitative estimate of drug-likeness (QED) is 0.829. The largest absolute Gasteiger partial charge is 0.438 e. The van der Waals surface area contributed by atoms with Crippen LogP contribution in [0.4, 0.5) is 0 Å². The van der Waals surface area contributed by atoms with Gasteiger partial charge in [-0.2, -0.15) is 0 Å². The van der Waals surface area contributed by atoms with Crippen molar-refractivity contribution in [3.05, 3.63) is 45.0 Å². The van der Waals surface area contributed by atoms with Gasteiger partial charge in [0.25, 0.3) is 0 Å². The summed E-state index contributed by atoms with van der Waals surface area (Å²) in [4.78, 5) is 3.99. The molecule has 1 aromatic carbocycles. The second-order valence-corrected chi connectivity index (χ2v) is 7.49. The Bertz CT molecular complexity index is 764. The molecule has 0 spiro atoms. The summed E-state index contributed by atoms with van der Waals surface area (Å²) in [6.45, 7) is 0. The van der Waals surface area contributed by atoms with Crippen LogP contribution in [0.3, 0.4) is 0 Å². The van der Waals surface area contributed by atoms with Crippen LogP contribution >= 0.6 is 39.1 Å². The maximum Gasteiger partial charge on any atom is 0.241 e. The first-order valence-corrected chi connectivity index (χ1v) is 8.58. The highest BCUT2D eigenvalue weighted by atomic mass is 79.9. The number of aromatic nitrogens is 1. The summed E-state index contributed by atoms with van der Waals surface area (Å²) in [6, 6.07) is 6.10. The summed E-state index contributed by atoms with van der Waals surface area (Å²) < 4.78 is 31.4. The second-order valence-electron chi connectivity index (χ2n) is 3.87. The number of nitrogens with zero attached hydrogens (tertiary/aromatic N) is 1. The van der Waals surface area contributed by atoms with E-state index in [4.69, 9.17) is 27.9 Å². The van der Waals surface area contributed by atoms with E-state index < -0.39 is 10.0 Å². The van der Waals surface area contributed by atoms with Crippen LogP contribution < -0.4 is 9.46 Å². The summed E-state index contributed by atoms with van der Waals surface area (Å²) in [7, 11) is -2.24. The SMILES string of the molecule is CNS(=O)(=O)c1cnc(Oc2cc(Cl)cc(Cl)c2)c(Br)c1. The van der Waals surface area contributed by atoms with Gasteiger partial charge in [0.05, 0.1) is 10.7 Å². The van der Waals surface area contributed by atoms with Crippen LogP contribution in [0.1, 0.15) is 0 Å². The van der Waals surface area contributed by atoms with Crippen LogP contribution in [0.25, 0.3) is 0 Å². The highest BCUT2D eigenvalue weighted by molar-refractivity contribution is 9.10. The third kappa shape index (κ3) is 4.08. The van der Waals surface area contributed by atoms with Gasteiger partial charge < -0.3 is 4.74 Å². The molecule has 112 valence electrons. The van der Waals surface area contributed by atoms with Crippen molar-refractivity contribution >= 4 is 49.2 Å². The van der Waals surface area contributed by atoms with E-state index in [-0.39, 0.29) is 10.8 Å². The lowest BCUT2D eigenvalue weighted by Crippen LogP contribution is -2.18. The zero-order chi connectivity index (χ0) is 15.6. The molecule has 0 bridgehead atoms. The lowest BCUT2D eigenvalue weighted by Gasteiger charge is -2.09. The number of nitrogens with one attached hydrogen (secondary N) is 1. The van der Waals surface area contributed by atoms with Crippen LogP contribution in [0.15, 0.2) is 39.8 Å². The fraction of sp³-hybridized carbons (Fsp3) is 0.0833. The summed E-state index contributed by atoms with van der Waals surface area (Å²) in [5.74, 6) is 0.591. The number of benzene rings is 1. The molecule has 2 aromatic rings. The normalized spacial score (nSPS) is 11.4. The Balaban J connectivity index is 2.34. The molecule has 0 aliphatic heterocycles. The third-order valence-electron chi connectivity index (χ3n) is 2.41. The predicted molar refractivity (Wildman–Crippen MR) is 84.7 cm³/mol. The summed E-state index contributed by atoms with van der Waals surface area (Å²) in [6.07, 6.45) is 1.19. The van der Waals surface area contributed by atoms with Crippen molar-refractivity contribution in [3.63, 3.8) is 0 Å². The number of ether oxygens (including phenoxy) is 1. The average molecular weight is 412 g/mol. The molecular formula is C12H9BrCl2N2O3S. The molecule has 0 amide bonds. The van der Waals surface area contributed by atoms with E-state index in [9.17, 15) is 8.42 Å². The molecular weight excluding hydrogens is 403 g/mol. The van der Waals surface area contributed by atoms with Crippen LogP contribution in [0.2, 0.25) is 10.0 Å². The lowest BCUT2D eigenvalue weighted by atomic mass is 10.3. The Morgan fingerprint density at radius 3 is 2.33 bits per heavy atom.